The van der Waals surface area contributed by atoms with Crippen LogP contribution in [0.15, 0.2) is 30.6 Å². The normalized spacial score (nSPS) is 11.0. The first kappa shape index (κ1) is 21.2. The van der Waals surface area contributed by atoms with Crippen molar-refractivity contribution in [3.63, 3.8) is 0 Å². The van der Waals surface area contributed by atoms with Crippen molar-refractivity contribution in [2.24, 2.45) is 0 Å². The van der Waals surface area contributed by atoms with E-state index in [0.29, 0.717) is 28.3 Å². The molecule has 0 spiro atoms. The summed E-state index contributed by atoms with van der Waals surface area (Å²) in [5.41, 5.74) is 2.88. The van der Waals surface area contributed by atoms with Crippen molar-refractivity contribution in [2.45, 2.75) is 40.5 Å². The van der Waals surface area contributed by atoms with Crippen LogP contribution in [0.3, 0.4) is 0 Å². The van der Waals surface area contributed by atoms with E-state index in [1.54, 1.807) is 36.9 Å². The van der Waals surface area contributed by atoms with Gasteiger partial charge in [0.2, 0.25) is 5.78 Å². The van der Waals surface area contributed by atoms with Crippen LogP contribution in [0, 0.1) is 13.8 Å². The molecule has 0 atom stereocenters. The topological polar surface area (TPSA) is 107 Å². The number of pyridine rings is 1. The van der Waals surface area contributed by atoms with Crippen LogP contribution < -0.4 is 0 Å². The van der Waals surface area contributed by atoms with Crippen LogP contribution in [0.4, 0.5) is 0 Å². The largest absolute Gasteiger partial charge is 0.454 e. The number of esters is 1. The summed E-state index contributed by atoms with van der Waals surface area (Å²) in [6, 6.07) is 5.42. The predicted octanol–water partition coefficient (Wildman–Crippen LogP) is 3.58. The summed E-state index contributed by atoms with van der Waals surface area (Å²) in [5, 5.41) is 4.29. The molecular weight excluding hydrogens is 384 g/mol. The summed E-state index contributed by atoms with van der Waals surface area (Å²) < 4.78 is 6.88. The Labute approximate surface area is 174 Å². The Bertz CT molecular complexity index is 1110. The highest BCUT2D eigenvalue weighted by Gasteiger charge is 2.25. The molecule has 156 valence electrons. The van der Waals surface area contributed by atoms with Crippen molar-refractivity contribution < 1.29 is 19.1 Å². The third kappa shape index (κ3) is 3.94. The zero-order valence-corrected chi connectivity index (χ0v) is 17.6. The molecule has 0 bridgehead atoms. The van der Waals surface area contributed by atoms with Crippen LogP contribution in [-0.2, 0) is 4.74 Å². The van der Waals surface area contributed by atoms with E-state index in [1.165, 1.54) is 13.1 Å². The molecule has 8 heteroatoms. The molecule has 0 saturated heterocycles. The first-order valence-corrected chi connectivity index (χ1v) is 9.62. The van der Waals surface area contributed by atoms with Crippen molar-refractivity contribution in [3.05, 3.63) is 64.4 Å². The lowest BCUT2D eigenvalue weighted by Gasteiger charge is -2.11. The number of nitrogens with one attached hydrogen (secondary N) is 1. The lowest BCUT2D eigenvalue weighted by atomic mass is 10.1. The van der Waals surface area contributed by atoms with Gasteiger partial charge >= 0.3 is 5.97 Å². The Morgan fingerprint density at radius 2 is 1.93 bits per heavy atom. The zero-order chi connectivity index (χ0) is 22.0. The average Bonchev–Trinajstić information content (AvgIpc) is 3.27. The summed E-state index contributed by atoms with van der Waals surface area (Å²) in [6.07, 6.45) is 3.07. The molecule has 0 fully saturated rings. The van der Waals surface area contributed by atoms with E-state index in [2.05, 4.69) is 15.1 Å². The second-order valence-electron chi connectivity index (χ2n) is 7.38. The number of ether oxygens (including phenoxy) is 1. The molecule has 3 rings (SSSR count). The minimum Gasteiger partial charge on any atom is -0.454 e. The number of carbonyl (C=O) groups is 3. The molecule has 3 aromatic rings. The standard InChI is InChI=1S/C22H24N4O4/c1-12(2)21-16(10-24-26(21)18-8-6-7-9-23-18)22(29)30-11-17(28)20-13(3)19(15(5)27)14(4)25-20/h6-10,12,25H,11H2,1-5H3. The molecule has 3 aromatic heterocycles. The van der Waals surface area contributed by atoms with Crippen LogP contribution >= 0.6 is 0 Å². The summed E-state index contributed by atoms with van der Waals surface area (Å²) in [4.78, 5) is 44.3. The van der Waals surface area contributed by atoms with Gasteiger partial charge in [0.15, 0.2) is 18.2 Å². The highest BCUT2D eigenvalue weighted by Crippen LogP contribution is 2.23. The van der Waals surface area contributed by atoms with Gasteiger partial charge in [-0.3, -0.25) is 9.59 Å². The van der Waals surface area contributed by atoms with Gasteiger partial charge in [0.1, 0.15) is 5.56 Å². The molecular formula is C22H24N4O4. The first-order valence-electron chi connectivity index (χ1n) is 9.62. The molecule has 30 heavy (non-hydrogen) atoms. The Hall–Kier alpha value is -3.55. The summed E-state index contributed by atoms with van der Waals surface area (Å²) in [7, 11) is 0. The van der Waals surface area contributed by atoms with Crippen LogP contribution in [0.2, 0.25) is 0 Å². The fraction of sp³-hybridized carbons (Fsp3) is 0.318. The SMILES string of the molecule is CC(=O)c1c(C)[nH]c(C(=O)COC(=O)c2cnn(-c3ccccn3)c2C(C)C)c1C. The quantitative estimate of drug-likeness (QED) is 0.473. The maximum Gasteiger partial charge on any atom is 0.342 e. The molecule has 0 saturated carbocycles. The highest BCUT2D eigenvalue weighted by molar-refractivity contribution is 6.04. The average molecular weight is 408 g/mol. The lowest BCUT2D eigenvalue weighted by Crippen LogP contribution is -2.17. The summed E-state index contributed by atoms with van der Waals surface area (Å²) >= 11 is 0. The maximum absolute atomic E-state index is 12.7. The number of Topliss-reactive ketones (excluding diaryl/α,β-unsaturated/α-hetero) is 2. The van der Waals surface area contributed by atoms with Crippen LogP contribution in [0.1, 0.15) is 74.8 Å². The van der Waals surface area contributed by atoms with Gasteiger partial charge in [-0.15, -0.1) is 0 Å². The molecule has 0 aromatic carbocycles. The number of rotatable bonds is 7. The van der Waals surface area contributed by atoms with Crippen molar-refractivity contribution in [1.82, 2.24) is 19.7 Å². The minimum absolute atomic E-state index is 0.0285. The van der Waals surface area contributed by atoms with Crippen molar-refractivity contribution in [1.29, 1.82) is 0 Å². The van der Waals surface area contributed by atoms with Crippen LogP contribution in [0.5, 0.6) is 0 Å². The maximum atomic E-state index is 12.7. The Morgan fingerprint density at radius 3 is 2.50 bits per heavy atom. The van der Waals surface area contributed by atoms with E-state index in [9.17, 15) is 14.4 Å². The van der Waals surface area contributed by atoms with Gasteiger partial charge in [0, 0.05) is 17.5 Å². The zero-order valence-electron chi connectivity index (χ0n) is 17.6. The second-order valence-corrected chi connectivity index (χ2v) is 7.38. The number of hydrogen-bond acceptors (Lipinski definition) is 6. The van der Waals surface area contributed by atoms with E-state index in [1.807, 2.05) is 19.9 Å². The number of carbonyl (C=O) groups excluding carboxylic acids is 3. The van der Waals surface area contributed by atoms with E-state index in [0.717, 1.165) is 0 Å². The van der Waals surface area contributed by atoms with E-state index >= 15 is 0 Å². The molecule has 0 unspecified atom stereocenters. The molecule has 8 nitrogen and oxygen atoms in total. The number of nitrogens with zero attached hydrogens (tertiary/aromatic N) is 3. The van der Waals surface area contributed by atoms with Gasteiger partial charge in [-0.05, 0) is 44.4 Å². The predicted molar refractivity (Wildman–Crippen MR) is 110 cm³/mol. The van der Waals surface area contributed by atoms with E-state index in [4.69, 9.17) is 4.74 Å². The fourth-order valence-electron chi connectivity index (χ4n) is 3.57. The Balaban J connectivity index is 1.81. The van der Waals surface area contributed by atoms with Gasteiger partial charge in [0.25, 0.3) is 0 Å². The minimum atomic E-state index is -0.637. The molecule has 1 N–H and O–H groups in total. The third-order valence-electron chi connectivity index (χ3n) is 4.84. The fourth-order valence-corrected chi connectivity index (χ4v) is 3.57. The van der Waals surface area contributed by atoms with Crippen LogP contribution in [-0.4, -0.2) is 43.9 Å². The number of hydrogen-bond donors (Lipinski definition) is 1. The molecule has 0 aliphatic heterocycles. The number of ketones is 2. The summed E-state index contributed by atoms with van der Waals surface area (Å²) in [5.74, 6) is -0.604. The van der Waals surface area contributed by atoms with Gasteiger partial charge in [-0.25, -0.2) is 14.5 Å². The van der Waals surface area contributed by atoms with Gasteiger partial charge < -0.3 is 9.72 Å². The smallest absolute Gasteiger partial charge is 0.342 e. The summed E-state index contributed by atoms with van der Waals surface area (Å²) in [6.45, 7) is 8.31. The number of aromatic amines is 1. The molecule has 3 heterocycles. The Morgan fingerprint density at radius 1 is 1.20 bits per heavy atom. The van der Waals surface area contributed by atoms with E-state index < -0.39 is 18.4 Å². The number of H-pyrrole nitrogens is 1. The first-order chi connectivity index (χ1) is 14.2. The molecule has 0 radical (unpaired) electrons. The van der Waals surface area contributed by atoms with Crippen LogP contribution in [0.25, 0.3) is 5.82 Å². The van der Waals surface area contributed by atoms with Gasteiger partial charge in [0.05, 0.1) is 17.6 Å². The molecule has 0 aliphatic carbocycles. The highest BCUT2D eigenvalue weighted by atomic mass is 16.5. The lowest BCUT2D eigenvalue weighted by molar-refractivity contribution is 0.0471. The van der Waals surface area contributed by atoms with Crippen molar-refractivity contribution in [3.8, 4) is 5.82 Å². The molecule has 0 amide bonds. The van der Waals surface area contributed by atoms with Crippen molar-refractivity contribution in [2.75, 3.05) is 6.61 Å². The second kappa shape index (κ2) is 8.44. The van der Waals surface area contributed by atoms with Crippen molar-refractivity contribution >= 4 is 17.5 Å². The molecule has 0 aliphatic rings. The monoisotopic (exact) mass is 408 g/mol. The number of aromatic nitrogens is 4. The van der Waals surface area contributed by atoms with E-state index in [-0.39, 0.29) is 23.0 Å². The number of aryl methyl sites for hydroxylation is 1. The van der Waals surface area contributed by atoms with Gasteiger partial charge in [-0.2, -0.15) is 5.10 Å². The Kier molecular flexibility index (Phi) is 5.96. The third-order valence-corrected chi connectivity index (χ3v) is 4.84. The van der Waals surface area contributed by atoms with Gasteiger partial charge in [-0.1, -0.05) is 19.9 Å².